The number of fused-ring (bicyclic) bond motifs is 2. The summed E-state index contributed by atoms with van der Waals surface area (Å²) in [6.45, 7) is 0. The van der Waals surface area contributed by atoms with Crippen molar-refractivity contribution in [3.8, 4) is 34.1 Å². The van der Waals surface area contributed by atoms with E-state index in [0.717, 1.165) is 10.8 Å². The van der Waals surface area contributed by atoms with Gasteiger partial charge < -0.3 is 19.3 Å². The normalized spacial score (nSPS) is 12.0. The van der Waals surface area contributed by atoms with Gasteiger partial charge in [0.05, 0.1) is 32.7 Å². The highest BCUT2D eigenvalue weighted by Crippen LogP contribution is 2.50. The van der Waals surface area contributed by atoms with Gasteiger partial charge in [0.15, 0.2) is 23.0 Å². The van der Waals surface area contributed by atoms with Crippen LogP contribution >= 0.6 is 0 Å². The van der Waals surface area contributed by atoms with E-state index in [2.05, 4.69) is 4.98 Å². The van der Waals surface area contributed by atoms with Crippen molar-refractivity contribution in [3.63, 3.8) is 0 Å². The van der Waals surface area contributed by atoms with Crippen molar-refractivity contribution in [1.29, 1.82) is 5.41 Å². The van der Waals surface area contributed by atoms with Gasteiger partial charge in [-0.25, -0.2) is 0 Å². The molecule has 0 saturated carbocycles. The molecule has 1 aliphatic rings. The van der Waals surface area contributed by atoms with Crippen LogP contribution in [0.2, 0.25) is 0 Å². The van der Waals surface area contributed by atoms with Crippen LogP contribution in [0.4, 0.5) is 0 Å². The first-order valence-corrected chi connectivity index (χ1v) is 7.65. The van der Waals surface area contributed by atoms with Crippen LogP contribution in [0, 0.1) is 5.41 Å². The molecule has 0 aliphatic heterocycles. The number of hydrogen-bond acceptors (Lipinski definition) is 6. The lowest BCUT2D eigenvalue weighted by atomic mass is 9.84. The Morgan fingerprint density at radius 3 is 2.20 bits per heavy atom. The third-order valence-corrected chi connectivity index (χ3v) is 4.51. The summed E-state index contributed by atoms with van der Waals surface area (Å²) in [7, 11) is 4.61. The van der Waals surface area contributed by atoms with Gasteiger partial charge in [-0.2, -0.15) is 0 Å². The minimum atomic E-state index is 0.0187. The van der Waals surface area contributed by atoms with Gasteiger partial charge in [-0.15, -0.1) is 0 Å². The van der Waals surface area contributed by atoms with Gasteiger partial charge in [-0.3, -0.25) is 10.4 Å². The van der Waals surface area contributed by atoms with Crippen LogP contribution in [-0.2, 0) is 0 Å². The first-order chi connectivity index (χ1) is 12.1. The molecule has 0 spiro atoms. The molecule has 25 heavy (non-hydrogen) atoms. The van der Waals surface area contributed by atoms with Crippen molar-refractivity contribution in [2.24, 2.45) is 0 Å². The van der Waals surface area contributed by atoms with Crippen LogP contribution < -0.4 is 14.2 Å². The molecule has 2 N–H and O–H groups in total. The van der Waals surface area contributed by atoms with Crippen LogP contribution in [-0.4, -0.2) is 37.1 Å². The second kappa shape index (κ2) is 5.37. The Balaban J connectivity index is 2.20. The molecular formula is C19H16N2O4. The lowest BCUT2D eigenvalue weighted by Gasteiger charge is -2.24. The second-order valence-electron chi connectivity index (χ2n) is 5.69. The molecule has 3 aromatic rings. The molecule has 0 fully saturated rings. The van der Waals surface area contributed by atoms with Crippen molar-refractivity contribution in [1.82, 2.24) is 4.98 Å². The molecule has 1 aliphatic carbocycles. The van der Waals surface area contributed by atoms with E-state index in [1.165, 1.54) is 7.11 Å². The Hall–Kier alpha value is -3.28. The summed E-state index contributed by atoms with van der Waals surface area (Å²) in [4.78, 5) is 4.36. The number of aromatic nitrogens is 1. The van der Waals surface area contributed by atoms with E-state index >= 15 is 0 Å². The van der Waals surface area contributed by atoms with E-state index in [1.54, 1.807) is 38.6 Å². The van der Waals surface area contributed by atoms with Crippen LogP contribution in [0.15, 0.2) is 30.5 Å². The van der Waals surface area contributed by atoms with E-state index < -0.39 is 0 Å². The zero-order valence-electron chi connectivity index (χ0n) is 14.0. The molecule has 0 radical (unpaired) electrons. The lowest BCUT2D eigenvalue weighted by Crippen LogP contribution is -2.13. The van der Waals surface area contributed by atoms with Gasteiger partial charge >= 0.3 is 0 Å². The minimum Gasteiger partial charge on any atom is -0.504 e. The van der Waals surface area contributed by atoms with Crippen molar-refractivity contribution < 1.29 is 19.3 Å². The van der Waals surface area contributed by atoms with Crippen molar-refractivity contribution in [2.75, 3.05) is 21.3 Å². The Labute approximate surface area is 144 Å². The largest absolute Gasteiger partial charge is 0.504 e. The summed E-state index contributed by atoms with van der Waals surface area (Å²) in [6.07, 6.45) is 1.65. The summed E-state index contributed by atoms with van der Waals surface area (Å²) < 4.78 is 16.1. The first-order valence-electron chi connectivity index (χ1n) is 7.65. The molecule has 0 bridgehead atoms. The smallest absolute Gasteiger partial charge is 0.166 e. The number of hydrogen-bond donors (Lipinski definition) is 2. The highest BCUT2D eigenvalue weighted by molar-refractivity contribution is 6.27. The molecule has 0 amide bonds. The van der Waals surface area contributed by atoms with E-state index in [9.17, 15) is 5.11 Å². The molecule has 6 heteroatoms. The molecule has 6 nitrogen and oxygen atoms in total. The number of methoxy groups -OCH3 is 3. The maximum absolute atomic E-state index is 10.8. The maximum atomic E-state index is 10.8. The summed E-state index contributed by atoms with van der Waals surface area (Å²) in [5.74, 6) is 1.43. The summed E-state index contributed by atoms with van der Waals surface area (Å²) in [6, 6.07) is 7.09. The molecular weight excluding hydrogens is 320 g/mol. The van der Waals surface area contributed by atoms with E-state index in [1.807, 2.05) is 6.07 Å². The number of pyridine rings is 1. The van der Waals surface area contributed by atoms with Gasteiger partial charge in [0.1, 0.15) is 0 Å². The van der Waals surface area contributed by atoms with Crippen molar-refractivity contribution in [3.05, 3.63) is 41.7 Å². The number of rotatable bonds is 3. The average Bonchev–Trinajstić information content (AvgIpc) is 2.65. The van der Waals surface area contributed by atoms with Crippen molar-refractivity contribution in [2.45, 2.75) is 0 Å². The number of phenols is 1. The predicted molar refractivity (Wildman–Crippen MR) is 94.4 cm³/mol. The number of nitrogens with one attached hydrogen (secondary N) is 1. The Kier molecular flexibility index (Phi) is 3.28. The lowest BCUT2D eigenvalue weighted by molar-refractivity contribution is 0.355. The topological polar surface area (TPSA) is 84.7 Å². The summed E-state index contributed by atoms with van der Waals surface area (Å²) >= 11 is 0. The van der Waals surface area contributed by atoms with Crippen LogP contribution in [0.5, 0.6) is 23.0 Å². The molecule has 1 heterocycles. The molecule has 126 valence electrons. The molecule has 1 aromatic heterocycles. The van der Waals surface area contributed by atoms with Crippen molar-refractivity contribution >= 4 is 16.5 Å². The second-order valence-corrected chi connectivity index (χ2v) is 5.69. The van der Waals surface area contributed by atoms with Gasteiger partial charge in [0.2, 0.25) is 0 Å². The van der Waals surface area contributed by atoms with Crippen LogP contribution in [0.25, 0.3) is 21.9 Å². The highest BCUT2D eigenvalue weighted by Gasteiger charge is 2.29. The van der Waals surface area contributed by atoms with E-state index in [-0.39, 0.29) is 11.5 Å². The first kappa shape index (κ1) is 15.3. The monoisotopic (exact) mass is 336 g/mol. The van der Waals surface area contributed by atoms with Gasteiger partial charge in [-0.05, 0) is 35.2 Å². The molecule has 0 atom stereocenters. The fourth-order valence-electron chi connectivity index (χ4n) is 3.34. The molecule has 4 rings (SSSR count). The quantitative estimate of drug-likeness (QED) is 0.599. The van der Waals surface area contributed by atoms with E-state index in [4.69, 9.17) is 19.6 Å². The van der Waals surface area contributed by atoms with Crippen LogP contribution in [0.1, 0.15) is 11.3 Å². The average molecular weight is 336 g/mol. The standard InChI is InChI=1S/C19H16N2O4/c1-23-12-7-10-11(8-13(12)24-2)17(20)18-15-9(4-5-21-18)6-14(25-3)19(22)16(10)15/h4-8,20,22H,1-3H3. The number of benzene rings is 2. The molecule has 0 saturated heterocycles. The maximum Gasteiger partial charge on any atom is 0.166 e. The fraction of sp³-hybridized carbons (Fsp3) is 0.158. The zero-order chi connectivity index (χ0) is 17.7. The Morgan fingerprint density at radius 1 is 0.920 bits per heavy atom. The number of aromatic hydroxyl groups is 1. The van der Waals surface area contributed by atoms with Gasteiger partial charge in [0, 0.05) is 22.7 Å². The van der Waals surface area contributed by atoms with E-state index in [0.29, 0.717) is 39.6 Å². The number of phenolic OH excluding ortho intramolecular Hbond substituents is 1. The van der Waals surface area contributed by atoms with Gasteiger partial charge in [0.25, 0.3) is 0 Å². The number of nitrogens with zero attached hydrogens (tertiary/aromatic N) is 1. The minimum absolute atomic E-state index is 0.0187. The summed E-state index contributed by atoms with van der Waals surface area (Å²) in [5, 5.41) is 20.9. The summed E-state index contributed by atoms with van der Waals surface area (Å²) in [5.41, 5.74) is 2.69. The highest BCUT2D eigenvalue weighted by atomic mass is 16.5. The number of ether oxygens (including phenoxy) is 3. The Morgan fingerprint density at radius 2 is 1.56 bits per heavy atom. The van der Waals surface area contributed by atoms with Crippen LogP contribution in [0.3, 0.4) is 0 Å². The molecule has 2 aromatic carbocycles. The third-order valence-electron chi connectivity index (χ3n) is 4.51. The third kappa shape index (κ3) is 1.97. The Bertz CT molecular complexity index is 1040. The SMILES string of the molecule is COc1cc2c(cc1OC)-c1c(O)c(OC)cc3ccnc(c13)C2=N. The van der Waals surface area contributed by atoms with Gasteiger partial charge in [-0.1, -0.05) is 0 Å². The fourth-order valence-corrected chi connectivity index (χ4v) is 3.34. The predicted octanol–water partition coefficient (Wildman–Crippen LogP) is 3.36. The molecule has 0 unspecified atom stereocenters. The zero-order valence-corrected chi connectivity index (χ0v) is 14.0.